The van der Waals surface area contributed by atoms with Gasteiger partial charge in [-0.05, 0) is 12.1 Å². The van der Waals surface area contributed by atoms with Crippen LogP contribution in [0.3, 0.4) is 0 Å². The molecule has 0 rings (SSSR count). The highest BCUT2D eigenvalue weighted by molar-refractivity contribution is 5.77. The molecule has 64 valence electrons. The van der Waals surface area contributed by atoms with E-state index >= 15 is 0 Å². The largest absolute Gasteiger partial charge is 0.365 e. The summed E-state index contributed by atoms with van der Waals surface area (Å²) in [6.45, 7) is 3.43. The van der Waals surface area contributed by atoms with Crippen LogP contribution in [0, 0.1) is 0 Å². The second-order valence-electron chi connectivity index (χ2n) is 1.59. The highest BCUT2D eigenvalue weighted by Gasteiger charge is 1.92. The molecule has 0 heterocycles. The Morgan fingerprint density at radius 2 is 2.36 bits per heavy atom. The van der Waals surface area contributed by atoms with Crippen LogP contribution in [-0.2, 0) is 14.5 Å². The number of hydrogen-bond donors (Lipinski definition) is 2. The fraction of sp³-hybridized carbons (Fsp3) is 0.600. The Balaban J connectivity index is 3.54. The van der Waals surface area contributed by atoms with Gasteiger partial charge in [-0.3, -0.25) is 4.84 Å². The third-order valence-electron chi connectivity index (χ3n) is 0.594. The molecule has 6 heteroatoms. The van der Waals surface area contributed by atoms with E-state index in [-0.39, 0.29) is 5.96 Å². The monoisotopic (exact) mass is 161 g/mol. The van der Waals surface area contributed by atoms with Crippen molar-refractivity contribution in [2.45, 2.75) is 13.8 Å². The van der Waals surface area contributed by atoms with Crippen molar-refractivity contribution in [1.82, 2.24) is 5.48 Å². The van der Waals surface area contributed by atoms with Gasteiger partial charge in [0.1, 0.15) is 0 Å². The van der Waals surface area contributed by atoms with E-state index in [1.165, 1.54) is 6.92 Å². The SMILES string of the molecule is CCONC(N)=NOC(C)=O. The Labute approximate surface area is 64.3 Å². The van der Waals surface area contributed by atoms with Gasteiger partial charge in [0.05, 0.1) is 6.61 Å². The van der Waals surface area contributed by atoms with Gasteiger partial charge in [-0.25, -0.2) is 10.3 Å². The fourth-order valence-electron chi connectivity index (χ4n) is 0.278. The van der Waals surface area contributed by atoms with E-state index in [1.807, 2.05) is 0 Å². The van der Waals surface area contributed by atoms with Crippen molar-refractivity contribution in [2.75, 3.05) is 6.61 Å². The van der Waals surface area contributed by atoms with Crippen LogP contribution in [0.2, 0.25) is 0 Å². The summed E-state index contributed by atoms with van der Waals surface area (Å²) in [7, 11) is 0. The molecule has 0 aromatic heterocycles. The normalized spacial score (nSPS) is 10.9. The van der Waals surface area contributed by atoms with E-state index in [4.69, 9.17) is 5.73 Å². The fourth-order valence-corrected chi connectivity index (χ4v) is 0.278. The van der Waals surface area contributed by atoms with Crippen LogP contribution in [0.15, 0.2) is 5.16 Å². The molecule has 0 bridgehead atoms. The van der Waals surface area contributed by atoms with Gasteiger partial charge in [0, 0.05) is 6.92 Å². The van der Waals surface area contributed by atoms with Crippen LogP contribution in [-0.4, -0.2) is 18.5 Å². The molecule has 6 nitrogen and oxygen atoms in total. The number of hydroxylamine groups is 1. The minimum absolute atomic E-state index is 0.0953. The summed E-state index contributed by atoms with van der Waals surface area (Å²) in [6, 6.07) is 0. The van der Waals surface area contributed by atoms with Gasteiger partial charge in [-0.15, -0.1) is 0 Å². The molecule has 0 spiro atoms. The van der Waals surface area contributed by atoms with Crippen molar-refractivity contribution >= 4 is 11.9 Å². The molecule has 0 aliphatic rings. The molecule has 0 fully saturated rings. The number of oxime groups is 1. The topological polar surface area (TPSA) is 85.9 Å². The van der Waals surface area contributed by atoms with Crippen LogP contribution in [0.5, 0.6) is 0 Å². The molecule has 0 saturated carbocycles. The number of nitrogens with one attached hydrogen (secondary N) is 1. The first-order valence-corrected chi connectivity index (χ1v) is 3.05. The van der Waals surface area contributed by atoms with Gasteiger partial charge >= 0.3 is 5.97 Å². The lowest BCUT2D eigenvalue weighted by Gasteiger charge is -2.01. The maximum Gasteiger partial charge on any atom is 0.332 e. The molecule has 3 N–H and O–H groups in total. The quantitative estimate of drug-likeness (QED) is 0.248. The van der Waals surface area contributed by atoms with E-state index < -0.39 is 5.97 Å². The van der Waals surface area contributed by atoms with Gasteiger partial charge in [0.15, 0.2) is 0 Å². The minimum atomic E-state index is -0.536. The first-order valence-electron chi connectivity index (χ1n) is 3.05. The van der Waals surface area contributed by atoms with Crippen molar-refractivity contribution in [3.05, 3.63) is 0 Å². The van der Waals surface area contributed by atoms with Crippen molar-refractivity contribution in [2.24, 2.45) is 10.9 Å². The smallest absolute Gasteiger partial charge is 0.332 e. The second-order valence-corrected chi connectivity index (χ2v) is 1.59. The summed E-state index contributed by atoms with van der Waals surface area (Å²) in [5.41, 5.74) is 7.38. The lowest BCUT2D eigenvalue weighted by atomic mass is 10.8. The highest BCUT2D eigenvalue weighted by Crippen LogP contribution is 1.75. The summed E-state index contributed by atoms with van der Waals surface area (Å²) in [4.78, 5) is 19.0. The number of hydrogen-bond acceptors (Lipinski definition) is 4. The first kappa shape index (κ1) is 9.70. The standard InChI is InChI=1S/C5H11N3O3/c1-3-10-7-5(6)8-11-4(2)9/h3H2,1-2H3,(H3,6,7,8). The lowest BCUT2D eigenvalue weighted by molar-refractivity contribution is -0.141. The Kier molecular flexibility index (Phi) is 4.83. The molecule has 0 aliphatic carbocycles. The number of guanidine groups is 1. The molecule has 0 aliphatic heterocycles. The van der Waals surface area contributed by atoms with E-state index in [2.05, 4.69) is 20.3 Å². The second kappa shape index (κ2) is 5.48. The molecule has 0 radical (unpaired) electrons. The van der Waals surface area contributed by atoms with Crippen LogP contribution in [0.25, 0.3) is 0 Å². The minimum Gasteiger partial charge on any atom is -0.365 e. The molecule has 0 aromatic carbocycles. The van der Waals surface area contributed by atoms with Crippen LogP contribution in [0.4, 0.5) is 0 Å². The Morgan fingerprint density at radius 3 is 2.82 bits per heavy atom. The Bertz CT molecular complexity index is 157. The number of rotatable bonds is 3. The zero-order valence-electron chi connectivity index (χ0n) is 6.46. The van der Waals surface area contributed by atoms with Crippen molar-refractivity contribution < 1.29 is 14.5 Å². The van der Waals surface area contributed by atoms with Crippen molar-refractivity contribution in [3.63, 3.8) is 0 Å². The van der Waals surface area contributed by atoms with E-state index in [1.54, 1.807) is 6.92 Å². The predicted molar refractivity (Wildman–Crippen MR) is 38.2 cm³/mol. The number of nitrogens with zero attached hydrogens (tertiary/aromatic N) is 1. The summed E-state index contributed by atoms with van der Waals surface area (Å²) < 4.78 is 0. The average molecular weight is 161 g/mol. The molecule has 0 saturated heterocycles. The maximum atomic E-state index is 10.2. The van der Waals surface area contributed by atoms with Gasteiger partial charge in [0.2, 0.25) is 0 Å². The highest BCUT2D eigenvalue weighted by atomic mass is 16.7. The maximum absolute atomic E-state index is 10.2. The Hall–Kier alpha value is -1.30. The van der Waals surface area contributed by atoms with Gasteiger partial charge in [-0.2, -0.15) is 0 Å². The van der Waals surface area contributed by atoms with Gasteiger partial charge < -0.3 is 10.6 Å². The summed E-state index contributed by atoms with van der Waals surface area (Å²) in [5.74, 6) is -0.631. The third-order valence-corrected chi connectivity index (χ3v) is 0.594. The Morgan fingerprint density at radius 1 is 1.73 bits per heavy atom. The van der Waals surface area contributed by atoms with Crippen LogP contribution in [0.1, 0.15) is 13.8 Å². The van der Waals surface area contributed by atoms with Gasteiger partial charge in [0.25, 0.3) is 5.96 Å². The molecule has 0 atom stereocenters. The zero-order chi connectivity index (χ0) is 8.69. The zero-order valence-corrected chi connectivity index (χ0v) is 6.46. The summed E-state index contributed by atoms with van der Waals surface area (Å²) in [5, 5.41) is 3.17. The molecule has 0 unspecified atom stereocenters. The van der Waals surface area contributed by atoms with E-state index in [0.29, 0.717) is 6.61 Å². The summed E-state index contributed by atoms with van der Waals surface area (Å²) in [6.07, 6.45) is 0. The lowest BCUT2D eigenvalue weighted by Crippen LogP contribution is -2.31. The number of carbonyl (C=O) groups is 1. The van der Waals surface area contributed by atoms with Gasteiger partial charge in [-0.1, -0.05) is 0 Å². The first-order chi connectivity index (χ1) is 5.16. The number of nitrogens with two attached hydrogens (primary N) is 1. The molecular weight excluding hydrogens is 150 g/mol. The average Bonchev–Trinajstić information content (AvgIpc) is 1.97. The molecule has 0 aromatic rings. The van der Waals surface area contributed by atoms with Crippen LogP contribution < -0.4 is 11.2 Å². The molecule has 0 amide bonds. The third kappa shape index (κ3) is 6.59. The molecule has 11 heavy (non-hydrogen) atoms. The summed E-state index contributed by atoms with van der Waals surface area (Å²) >= 11 is 0. The van der Waals surface area contributed by atoms with Crippen LogP contribution >= 0.6 is 0 Å². The van der Waals surface area contributed by atoms with Crippen molar-refractivity contribution in [3.8, 4) is 0 Å². The van der Waals surface area contributed by atoms with E-state index in [9.17, 15) is 4.79 Å². The predicted octanol–water partition coefficient (Wildman–Crippen LogP) is -0.680. The van der Waals surface area contributed by atoms with Crippen molar-refractivity contribution in [1.29, 1.82) is 0 Å². The van der Waals surface area contributed by atoms with E-state index in [0.717, 1.165) is 0 Å². The number of carbonyl (C=O) groups excluding carboxylic acids is 1. The molecular formula is C5H11N3O3.